The lowest BCUT2D eigenvalue weighted by molar-refractivity contribution is 0.280. The first-order valence-corrected chi connectivity index (χ1v) is 9.09. The first-order valence-electron chi connectivity index (χ1n) is 9.09. The Morgan fingerprint density at radius 2 is 1.89 bits per heavy atom. The average molecular weight is 371 g/mol. The van der Waals surface area contributed by atoms with Crippen molar-refractivity contribution in [3.8, 4) is 17.2 Å². The molecule has 6 nitrogen and oxygen atoms in total. The molecule has 0 amide bonds. The molecule has 2 aromatic carbocycles. The molecule has 0 radical (unpaired) electrons. The molecule has 27 heavy (non-hydrogen) atoms. The highest BCUT2D eigenvalue weighted by molar-refractivity contribution is 5.79. The van der Waals surface area contributed by atoms with Crippen molar-refractivity contribution in [3.63, 3.8) is 0 Å². The number of likely N-dealkylation sites (N-methyl/N-ethyl adjacent to an activating group) is 1. The van der Waals surface area contributed by atoms with Crippen LogP contribution in [0.3, 0.4) is 0 Å². The fourth-order valence-corrected chi connectivity index (χ4v) is 2.61. The lowest BCUT2D eigenvalue weighted by atomic mass is 10.2. The lowest BCUT2D eigenvalue weighted by Crippen LogP contribution is -2.40. The van der Waals surface area contributed by atoms with Gasteiger partial charge in [0.25, 0.3) is 0 Å². The largest absolute Gasteiger partial charge is 0.504 e. The Hall–Kier alpha value is -2.89. The maximum absolute atomic E-state index is 10.2. The molecule has 0 heterocycles. The van der Waals surface area contributed by atoms with E-state index in [1.807, 2.05) is 62.2 Å². The minimum atomic E-state index is 0.130. The summed E-state index contributed by atoms with van der Waals surface area (Å²) in [4.78, 5) is 6.64. The molecular formula is C21H29N3O3. The van der Waals surface area contributed by atoms with Gasteiger partial charge in [0, 0.05) is 19.2 Å². The van der Waals surface area contributed by atoms with Gasteiger partial charge in [0.05, 0.1) is 20.2 Å². The van der Waals surface area contributed by atoms with Gasteiger partial charge in [-0.3, -0.25) is 0 Å². The number of guanidine groups is 1. The van der Waals surface area contributed by atoms with Crippen LogP contribution in [0.25, 0.3) is 0 Å². The van der Waals surface area contributed by atoms with Crippen molar-refractivity contribution in [2.75, 3.05) is 33.9 Å². The molecule has 6 heteroatoms. The van der Waals surface area contributed by atoms with Crippen molar-refractivity contribution < 1.29 is 14.6 Å². The zero-order chi connectivity index (χ0) is 19.6. The van der Waals surface area contributed by atoms with Crippen LogP contribution in [0.1, 0.15) is 18.1 Å². The Morgan fingerprint density at radius 1 is 1.15 bits per heavy atom. The van der Waals surface area contributed by atoms with Crippen LogP contribution in [0.5, 0.6) is 17.2 Å². The van der Waals surface area contributed by atoms with Crippen molar-refractivity contribution in [1.29, 1.82) is 0 Å². The number of benzene rings is 2. The van der Waals surface area contributed by atoms with Crippen LogP contribution in [0.15, 0.2) is 47.5 Å². The zero-order valence-corrected chi connectivity index (χ0v) is 16.5. The number of rotatable bonds is 8. The summed E-state index contributed by atoms with van der Waals surface area (Å²) >= 11 is 0. The van der Waals surface area contributed by atoms with E-state index in [0.29, 0.717) is 31.0 Å². The minimum absolute atomic E-state index is 0.130. The number of para-hydroxylation sites is 2. The zero-order valence-electron chi connectivity index (χ0n) is 16.5. The molecular weight excluding hydrogens is 342 g/mol. The van der Waals surface area contributed by atoms with E-state index in [1.54, 1.807) is 6.07 Å². The third-order valence-corrected chi connectivity index (χ3v) is 4.18. The molecule has 0 saturated heterocycles. The standard InChI is InChI=1S/C21H29N3O3/c1-5-22-21(23-15-17-10-8-12-19(26-4)20(17)25)24(3)13-14-27-18-11-7-6-9-16(18)2/h6-12,25H,5,13-15H2,1-4H3,(H,22,23). The van der Waals surface area contributed by atoms with Gasteiger partial charge in [0.1, 0.15) is 12.4 Å². The summed E-state index contributed by atoms with van der Waals surface area (Å²) < 4.78 is 11.0. The van der Waals surface area contributed by atoms with E-state index < -0.39 is 0 Å². The lowest BCUT2D eigenvalue weighted by Gasteiger charge is -2.22. The third-order valence-electron chi connectivity index (χ3n) is 4.18. The minimum Gasteiger partial charge on any atom is -0.504 e. The first kappa shape index (κ1) is 20.4. The van der Waals surface area contributed by atoms with E-state index >= 15 is 0 Å². The molecule has 0 aromatic heterocycles. The maximum Gasteiger partial charge on any atom is 0.194 e. The molecule has 0 unspecified atom stereocenters. The SMILES string of the molecule is CCNC(=NCc1cccc(OC)c1O)N(C)CCOc1ccccc1C. The fourth-order valence-electron chi connectivity index (χ4n) is 2.61. The second-order valence-electron chi connectivity index (χ2n) is 6.17. The second kappa shape index (κ2) is 10.3. The van der Waals surface area contributed by atoms with Gasteiger partial charge >= 0.3 is 0 Å². The fraction of sp³-hybridized carbons (Fsp3) is 0.381. The molecule has 2 aromatic rings. The third kappa shape index (κ3) is 5.81. The van der Waals surface area contributed by atoms with Gasteiger partial charge in [-0.2, -0.15) is 0 Å². The summed E-state index contributed by atoms with van der Waals surface area (Å²) in [5, 5.41) is 13.5. The topological polar surface area (TPSA) is 66.3 Å². The number of aromatic hydroxyl groups is 1. The number of hydrogen-bond donors (Lipinski definition) is 2. The normalized spacial score (nSPS) is 11.2. The van der Waals surface area contributed by atoms with Gasteiger partial charge in [-0.15, -0.1) is 0 Å². The van der Waals surface area contributed by atoms with Crippen LogP contribution >= 0.6 is 0 Å². The summed E-state index contributed by atoms with van der Waals surface area (Å²) in [6.45, 7) is 6.40. The Labute approximate surface area is 161 Å². The number of aliphatic imine (C=N–C) groups is 1. The van der Waals surface area contributed by atoms with E-state index in [0.717, 1.165) is 23.8 Å². The Balaban J connectivity index is 1.98. The number of hydrogen-bond acceptors (Lipinski definition) is 4. The average Bonchev–Trinajstić information content (AvgIpc) is 2.67. The molecule has 0 bridgehead atoms. The van der Waals surface area contributed by atoms with Crippen LogP contribution in [0, 0.1) is 6.92 Å². The predicted molar refractivity (Wildman–Crippen MR) is 109 cm³/mol. The Morgan fingerprint density at radius 3 is 2.59 bits per heavy atom. The molecule has 146 valence electrons. The highest BCUT2D eigenvalue weighted by Crippen LogP contribution is 2.29. The van der Waals surface area contributed by atoms with Crippen LogP contribution in [-0.2, 0) is 6.54 Å². The number of nitrogens with zero attached hydrogens (tertiary/aromatic N) is 2. The van der Waals surface area contributed by atoms with E-state index in [1.165, 1.54) is 7.11 Å². The summed E-state index contributed by atoms with van der Waals surface area (Å²) in [6, 6.07) is 13.4. The number of phenolic OH excluding ortho intramolecular Hbond substituents is 1. The molecule has 0 aliphatic carbocycles. The highest BCUT2D eigenvalue weighted by Gasteiger charge is 2.09. The van der Waals surface area contributed by atoms with Crippen molar-refractivity contribution in [2.45, 2.75) is 20.4 Å². The summed E-state index contributed by atoms with van der Waals surface area (Å²) in [6.07, 6.45) is 0. The van der Waals surface area contributed by atoms with Gasteiger partial charge in [0.15, 0.2) is 17.5 Å². The Bertz CT molecular complexity index is 762. The van der Waals surface area contributed by atoms with Crippen molar-refractivity contribution >= 4 is 5.96 Å². The number of nitrogens with one attached hydrogen (secondary N) is 1. The number of aryl methyl sites for hydroxylation is 1. The van der Waals surface area contributed by atoms with E-state index in [2.05, 4.69) is 10.3 Å². The molecule has 0 aliphatic rings. The van der Waals surface area contributed by atoms with Crippen molar-refractivity contribution in [1.82, 2.24) is 10.2 Å². The van der Waals surface area contributed by atoms with Gasteiger partial charge in [0.2, 0.25) is 0 Å². The summed E-state index contributed by atoms with van der Waals surface area (Å²) in [5.41, 5.74) is 1.84. The van der Waals surface area contributed by atoms with Gasteiger partial charge in [-0.25, -0.2) is 4.99 Å². The molecule has 0 saturated carbocycles. The van der Waals surface area contributed by atoms with Crippen LogP contribution < -0.4 is 14.8 Å². The predicted octanol–water partition coefficient (Wildman–Crippen LogP) is 3.19. The summed E-state index contributed by atoms with van der Waals surface area (Å²) in [5.74, 6) is 2.24. The molecule has 0 fully saturated rings. The summed E-state index contributed by atoms with van der Waals surface area (Å²) in [7, 11) is 3.50. The smallest absolute Gasteiger partial charge is 0.194 e. The van der Waals surface area contributed by atoms with Crippen molar-refractivity contribution in [2.24, 2.45) is 4.99 Å². The molecule has 0 spiro atoms. The van der Waals surface area contributed by atoms with Gasteiger partial charge in [-0.05, 0) is 31.5 Å². The molecule has 0 atom stereocenters. The molecule has 2 N–H and O–H groups in total. The second-order valence-corrected chi connectivity index (χ2v) is 6.17. The number of phenols is 1. The first-order chi connectivity index (χ1) is 13.1. The van der Waals surface area contributed by atoms with Crippen molar-refractivity contribution in [3.05, 3.63) is 53.6 Å². The molecule has 2 rings (SSSR count). The maximum atomic E-state index is 10.2. The van der Waals surface area contributed by atoms with E-state index in [4.69, 9.17) is 9.47 Å². The van der Waals surface area contributed by atoms with E-state index in [9.17, 15) is 5.11 Å². The highest BCUT2D eigenvalue weighted by atomic mass is 16.5. The van der Waals surface area contributed by atoms with E-state index in [-0.39, 0.29) is 5.75 Å². The van der Waals surface area contributed by atoms with Crippen LogP contribution in [-0.4, -0.2) is 49.8 Å². The van der Waals surface area contributed by atoms with Gasteiger partial charge < -0.3 is 24.8 Å². The van der Waals surface area contributed by atoms with Gasteiger partial charge in [-0.1, -0.05) is 30.3 Å². The number of methoxy groups -OCH3 is 1. The van der Waals surface area contributed by atoms with Crippen LogP contribution in [0.4, 0.5) is 0 Å². The van der Waals surface area contributed by atoms with Crippen LogP contribution in [0.2, 0.25) is 0 Å². The molecule has 0 aliphatic heterocycles. The number of ether oxygens (including phenoxy) is 2. The quantitative estimate of drug-likeness (QED) is 0.551. The Kier molecular flexibility index (Phi) is 7.79. The monoisotopic (exact) mass is 371 g/mol.